The fraction of sp³-hybridized carbons (Fsp3) is 0.400. The molecule has 78 valence electrons. The van der Waals surface area contributed by atoms with Crippen LogP contribution in [0.15, 0.2) is 23.1 Å². The summed E-state index contributed by atoms with van der Waals surface area (Å²) in [6.07, 6.45) is 0. The van der Waals surface area contributed by atoms with E-state index in [2.05, 4.69) is 0 Å². The predicted octanol–water partition coefficient (Wildman–Crippen LogP) is 2.44. The minimum atomic E-state index is 0.00407. The fourth-order valence-corrected chi connectivity index (χ4v) is 2.10. The van der Waals surface area contributed by atoms with Crippen LogP contribution < -0.4 is 5.73 Å². The molecule has 0 aromatic heterocycles. The van der Waals surface area contributed by atoms with Crippen LogP contribution in [0.4, 0.5) is 0 Å². The quantitative estimate of drug-likeness (QED) is 0.783. The topological polar surface area (TPSA) is 46.2 Å². The van der Waals surface area contributed by atoms with Crippen LogP contribution in [0.2, 0.25) is 5.02 Å². The summed E-state index contributed by atoms with van der Waals surface area (Å²) in [5.41, 5.74) is 6.76. The maximum absolute atomic E-state index is 8.68. The molecule has 0 fully saturated rings. The van der Waals surface area contributed by atoms with Gasteiger partial charge in [-0.1, -0.05) is 17.7 Å². The number of aliphatic hydroxyl groups is 1. The van der Waals surface area contributed by atoms with Crippen LogP contribution in [0.1, 0.15) is 18.5 Å². The molecule has 0 amide bonds. The molecule has 0 aliphatic heterocycles. The molecular weight excluding hydrogens is 218 g/mol. The van der Waals surface area contributed by atoms with Gasteiger partial charge in [0.2, 0.25) is 0 Å². The van der Waals surface area contributed by atoms with Crippen molar-refractivity contribution in [3.05, 3.63) is 28.8 Å². The standard InChI is InChI=1S/C10H14ClNOS/c1-7(12)8-2-3-10(9(11)6-8)14-5-4-13/h2-3,6-7,13H,4-5,12H2,1H3. The number of hydrogen-bond acceptors (Lipinski definition) is 3. The molecule has 0 bridgehead atoms. The highest BCUT2D eigenvalue weighted by atomic mass is 35.5. The third-order valence-corrected chi connectivity index (χ3v) is 3.31. The van der Waals surface area contributed by atoms with Crippen molar-refractivity contribution < 1.29 is 5.11 Å². The van der Waals surface area contributed by atoms with Gasteiger partial charge in [0.1, 0.15) is 0 Å². The SMILES string of the molecule is CC(N)c1ccc(SCCO)c(Cl)c1. The number of benzene rings is 1. The Bertz CT molecular complexity index is 304. The van der Waals surface area contributed by atoms with Gasteiger partial charge in [0.05, 0.1) is 11.6 Å². The van der Waals surface area contributed by atoms with Gasteiger partial charge in [-0.15, -0.1) is 11.8 Å². The van der Waals surface area contributed by atoms with Gasteiger partial charge in [-0.3, -0.25) is 0 Å². The normalized spacial score (nSPS) is 12.9. The lowest BCUT2D eigenvalue weighted by Gasteiger charge is -2.08. The number of aliphatic hydroxyl groups excluding tert-OH is 1. The van der Waals surface area contributed by atoms with Gasteiger partial charge in [0.25, 0.3) is 0 Å². The highest BCUT2D eigenvalue weighted by molar-refractivity contribution is 7.99. The third kappa shape index (κ3) is 3.17. The molecular formula is C10H14ClNOS. The Kier molecular flexibility index (Phi) is 4.75. The van der Waals surface area contributed by atoms with Crippen LogP contribution in [0.25, 0.3) is 0 Å². The predicted molar refractivity (Wildman–Crippen MR) is 61.9 cm³/mol. The molecule has 0 saturated heterocycles. The van der Waals surface area contributed by atoms with E-state index in [9.17, 15) is 0 Å². The zero-order chi connectivity index (χ0) is 10.6. The average Bonchev–Trinajstić information content (AvgIpc) is 2.15. The highest BCUT2D eigenvalue weighted by Gasteiger charge is 2.04. The van der Waals surface area contributed by atoms with Crippen LogP contribution >= 0.6 is 23.4 Å². The van der Waals surface area contributed by atoms with Gasteiger partial charge < -0.3 is 10.8 Å². The lowest BCUT2D eigenvalue weighted by atomic mass is 10.1. The first-order chi connectivity index (χ1) is 6.65. The summed E-state index contributed by atoms with van der Waals surface area (Å²) in [6, 6.07) is 5.80. The number of rotatable bonds is 4. The molecule has 0 saturated carbocycles. The Labute approximate surface area is 93.5 Å². The molecule has 1 rings (SSSR count). The number of nitrogens with two attached hydrogens (primary N) is 1. The van der Waals surface area contributed by atoms with Crippen molar-refractivity contribution in [2.75, 3.05) is 12.4 Å². The van der Waals surface area contributed by atoms with Gasteiger partial charge in [0.15, 0.2) is 0 Å². The molecule has 2 nitrogen and oxygen atoms in total. The van der Waals surface area contributed by atoms with Crippen LogP contribution in [0, 0.1) is 0 Å². The fourth-order valence-electron chi connectivity index (χ4n) is 1.07. The number of hydrogen-bond donors (Lipinski definition) is 2. The van der Waals surface area contributed by atoms with Crippen molar-refractivity contribution in [1.29, 1.82) is 0 Å². The number of halogens is 1. The zero-order valence-electron chi connectivity index (χ0n) is 8.03. The van der Waals surface area contributed by atoms with E-state index >= 15 is 0 Å². The second kappa shape index (κ2) is 5.61. The summed E-state index contributed by atoms with van der Waals surface area (Å²) in [7, 11) is 0. The van der Waals surface area contributed by atoms with Crippen LogP contribution in [-0.2, 0) is 0 Å². The molecule has 1 unspecified atom stereocenters. The lowest BCUT2D eigenvalue weighted by Crippen LogP contribution is -2.04. The second-order valence-corrected chi connectivity index (χ2v) is 4.59. The van der Waals surface area contributed by atoms with E-state index in [1.807, 2.05) is 25.1 Å². The van der Waals surface area contributed by atoms with Gasteiger partial charge in [0, 0.05) is 16.7 Å². The molecule has 0 aliphatic rings. The lowest BCUT2D eigenvalue weighted by molar-refractivity contribution is 0.322. The Morgan fingerprint density at radius 1 is 1.57 bits per heavy atom. The summed E-state index contributed by atoms with van der Waals surface area (Å²) < 4.78 is 0. The van der Waals surface area contributed by atoms with Crippen LogP contribution in [-0.4, -0.2) is 17.5 Å². The molecule has 3 N–H and O–H groups in total. The van der Waals surface area contributed by atoms with Gasteiger partial charge in [-0.2, -0.15) is 0 Å². The van der Waals surface area contributed by atoms with Crippen molar-refractivity contribution in [1.82, 2.24) is 0 Å². The van der Waals surface area contributed by atoms with Crippen molar-refractivity contribution in [3.63, 3.8) is 0 Å². The number of thioether (sulfide) groups is 1. The Hall–Kier alpha value is -0.220. The van der Waals surface area contributed by atoms with Gasteiger partial charge >= 0.3 is 0 Å². The van der Waals surface area contributed by atoms with E-state index < -0.39 is 0 Å². The molecule has 4 heteroatoms. The van der Waals surface area contributed by atoms with E-state index in [0.29, 0.717) is 10.8 Å². The molecule has 1 aromatic carbocycles. The highest BCUT2D eigenvalue weighted by Crippen LogP contribution is 2.29. The molecule has 0 heterocycles. The van der Waals surface area contributed by atoms with Gasteiger partial charge in [-0.05, 0) is 24.6 Å². The minimum absolute atomic E-state index is 0.00407. The van der Waals surface area contributed by atoms with E-state index in [0.717, 1.165) is 10.5 Å². The summed E-state index contributed by atoms with van der Waals surface area (Å²) >= 11 is 7.60. The van der Waals surface area contributed by atoms with E-state index in [-0.39, 0.29) is 12.6 Å². The largest absolute Gasteiger partial charge is 0.396 e. The van der Waals surface area contributed by atoms with Crippen LogP contribution in [0.5, 0.6) is 0 Å². The van der Waals surface area contributed by atoms with Crippen molar-refractivity contribution in [3.8, 4) is 0 Å². The molecule has 0 aliphatic carbocycles. The smallest absolute Gasteiger partial charge is 0.0545 e. The van der Waals surface area contributed by atoms with E-state index in [1.165, 1.54) is 0 Å². The van der Waals surface area contributed by atoms with Crippen molar-refractivity contribution in [2.24, 2.45) is 5.73 Å². The van der Waals surface area contributed by atoms with Crippen LogP contribution in [0.3, 0.4) is 0 Å². The molecule has 0 radical (unpaired) electrons. The Balaban J connectivity index is 2.79. The van der Waals surface area contributed by atoms with E-state index in [4.69, 9.17) is 22.4 Å². The van der Waals surface area contributed by atoms with Gasteiger partial charge in [-0.25, -0.2) is 0 Å². The molecule has 1 atom stereocenters. The van der Waals surface area contributed by atoms with Crippen molar-refractivity contribution >= 4 is 23.4 Å². The third-order valence-electron chi connectivity index (χ3n) is 1.83. The Morgan fingerprint density at radius 2 is 2.29 bits per heavy atom. The van der Waals surface area contributed by atoms with E-state index in [1.54, 1.807) is 11.8 Å². The molecule has 14 heavy (non-hydrogen) atoms. The molecule has 1 aromatic rings. The zero-order valence-corrected chi connectivity index (χ0v) is 9.61. The Morgan fingerprint density at radius 3 is 2.79 bits per heavy atom. The monoisotopic (exact) mass is 231 g/mol. The summed E-state index contributed by atoms with van der Waals surface area (Å²) in [5.74, 6) is 0.664. The maximum atomic E-state index is 8.68. The minimum Gasteiger partial charge on any atom is -0.396 e. The first kappa shape index (κ1) is 11.9. The average molecular weight is 232 g/mol. The first-order valence-electron chi connectivity index (χ1n) is 4.44. The maximum Gasteiger partial charge on any atom is 0.0545 e. The summed E-state index contributed by atoms with van der Waals surface area (Å²) in [4.78, 5) is 0.991. The first-order valence-corrected chi connectivity index (χ1v) is 5.80. The molecule has 0 spiro atoms. The van der Waals surface area contributed by atoms with Crippen molar-refractivity contribution in [2.45, 2.75) is 17.9 Å². The summed E-state index contributed by atoms with van der Waals surface area (Å²) in [6.45, 7) is 2.09. The second-order valence-electron chi connectivity index (χ2n) is 3.05. The summed E-state index contributed by atoms with van der Waals surface area (Å²) in [5, 5.41) is 9.38.